The molecule has 0 aromatic heterocycles. The van der Waals surface area contributed by atoms with Gasteiger partial charge in [-0.3, -0.25) is 9.59 Å². The summed E-state index contributed by atoms with van der Waals surface area (Å²) in [4.78, 5) is 24.9. The minimum atomic E-state index is -0.0216. The molecule has 1 unspecified atom stereocenters. The zero-order chi connectivity index (χ0) is 38.2. The van der Waals surface area contributed by atoms with Crippen LogP contribution in [-0.4, -0.2) is 78.6 Å². The van der Waals surface area contributed by atoms with Crippen LogP contribution in [0.4, 0.5) is 0 Å². The summed E-state index contributed by atoms with van der Waals surface area (Å²) in [6.45, 7) is 11.4. The standard InChI is InChI=1S/C23H30O4.C22H28O4/c1-4-23(5-2,17-26-16-15-25-3)18-27-21-13-11-20(12-14-21)22(24)19-9-7-6-8-10-19;1-3-7-18(16-25-15-14-24-2)17-26-21-12-10-20(11-13-21)22(23)19-8-5-4-6-9-19/h6-14H,4-5,15-18H2,1-3H3;4-6,8-13,18H,3,7,14-17H2,1-2H3. The first kappa shape index (κ1) is 43.1. The fraction of sp³-hybridized carbons (Fsp3) is 0.422. The van der Waals surface area contributed by atoms with Crippen LogP contribution in [0.1, 0.15) is 78.3 Å². The molecule has 4 aromatic carbocycles. The van der Waals surface area contributed by atoms with Gasteiger partial charge in [0.15, 0.2) is 11.6 Å². The SMILES string of the molecule is CCC(CC)(COCCOC)COc1ccc(C(=O)c2ccccc2)cc1.CCCC(COCCOC)COc1ccc(C(=O)c2ccccc2)cc1. The number of hydrogen-bond acceptors (Lipinski definition) is 8. The first-order valence-electron chi connectivity index (χ1n) is 18.7. The van der Waals surface area contributed by atoms with E-state index in [0.29, 0.717) is 81.0 Å². The lowest BCUT2D eigenvalue weighted by Gasteiger charge is -2.31. The molecule has 4 rings (SSSR count). The Morgan fingerprint density at radius 2 is 0.981 bits per heavy atom. The Hall–Kier alpha value is -4.34. The number of hydrogen-bond donors (Lipinski definition) is 0. The molecule has 1 atom stereocenters. The van der Waals surface area contributed by atoms with Crippen molar-refractivity contribution in [2.45, 2.75) is 46.5 Å². The lowest BCUT2D eigenvalue weighted by Crippen LogP contribution is -2.33. The van der Waals surface area contributed by atoms with E-state index in [1.165, 1.54) is 0 Å². The van der Waals surface area contributed by atoms with E-state index in [2.05, 4.69) is 20.8 Å². The van der Waals surface area contributed by atoms with E-state index in [0.717, 1.165) is 37.2 Å². The molecule has 53 heavy (non-hydrogen) atoms. The second-order valence-electron chi connectivity index (χ2n) is 13.0. The topological polar surface area (TPSA) is 89.5 Å². The molecule has 0 aliphatic carbocycles. The van der Waals surface area contributed by atoms with Gasteiger partial charge in [0.2, 0.25) is 0 Å². The Kier molecular flexibility index (Phi) is 20.2. The second-order valence-corrected chi connectivity index (χ2v) is 13.0. The van der Waals surface area contributed by atoms with E-state index in [4.69, 9.17) is 28.4 Å². The molecule has 0 bridgehead atoms. The molecule has 0 fully saturated rings. The van der Waals surface area contributed by atoms with Gasteiger partial charge in [0.1, 0.15) is 11.5 Å². The van der Waals surface area contributed by atoms with Crippen LogP contribution < -0.4 is 9.47 Å². The van der Waals surface area contributed by atoms with Crippen molar-refractivity contribution in [2.24, 2.45) is 11.3 Å². The van der Waals surface area contributed by atoms with E-state index in [1.54, 1.807) is 14.2 Å². The average Bonchev–Trinajstić information content (AvgIpc) is 3.22. The van der Waals surface area contributed by atoms with Crippen molar-refractivity contribution in [1.82, 2.24) is 0 Å². The molecule has 0 saturated heterocycles. The van der Waals surface area contributed by atoms with E-state index in [9.17, 15) is 9.59 Å². The van der Waals surface area contributed by atoms with Crippen molar-refractivity contribution in [3.8, 4) is 11.5 Å². The molecule has 0 spiro atoms. The van der Waals surface area contributed by atoms with Crippen molar-refractivity contribution < 1.29 is 38.0 Å². The van der Waals surface area contributed by atoms with Crippen LogP contribution in [0, 0.1) is 11.3 Å². The van der Waals surface area contributed by atoms with Gasteiger partial charge in [0.25, 0.3) is 0 Å². The fourth-order valence-electron chi connectivity index (χ4n) is 5.51. The lowest BCUT2D eigenvalue weighted by atomic mass is 9.84. The van der Waals surface area contributed by atoms with E-state index in [1.807, 2.05) is 109 Å². The number of ether oxygens (including phenoxy) is 6. The third kappa shape index (κ3) is 15.3. The molecule has 0 aliphatic heterocycles. The molecule has 0 radical (unpaired) electrons. The van der Waals surface area contributed by atoms with Gasteiger partial charge in [-0.2, -0.15) is 0 Å². The minimum Gasteiger partial charge on any atom is -0.493 e. The van der Waals surface area contributed by atoms with Crippen LogP contribution in [0.3, 0.4) is 0 Å². The molecule has 0 aliphatic rings. The number of ketones is 2. The highest BCUT2D eigenvalue weighted by Crippen LogP contribution is 2.28. The van der Waals surface area contributed by atoms with Gasteiger partial charge in [0, 0.05) is 47.8 Å². The summed E-state index contributed by atoms with van der Waals surface area (Å²) in [5.74, 6) is 1.93. The van der Waals surface area contributed by atoms with Gasteiger partial charge in [-0.05, 0) is 67.8 Å². The number of carbonyl (C=O) groups is 2. The molecule has 8 heteroatoms. The third-order valence-corrected chi connectivity index (χ3v) is 9.16. The van der Waals surface area contributed by atoms with Gasteiger partial charge in [-0.1, -0.05) is 87.9 Å². The van der Waals surface area contributed by atoms with Crippen molar-refractivity contribution >= 4 is 11.6 Å². The van der Waals surface area contributed by atoms with Gasteiger partial charge in [-0.15, -0.1) is 0 Å². The molecular formula is C45H58O8. The van der Waals surface area contributed by atoms with E-state index < -0.39 is 0 Å². The molecule has 286 valence electrons. The van der Waals surface area contributed by atoms with Gasteiger partial charge in [-0.25, -0.2) is 0 Å². The van der Waals surface area contributed by atoms with Crippen LogP contribution in [0.5, 0.6) is 11.5 Å². The number of methoxy groups -OCH3 is 2. The number of benzene rings is 4. The molecule has 0 amide bonds. The van der Waals surface area contributed by atoms with Crippen LogP contribution >= 0.6 is 0 Å². The summed E-state index contributed by atoms with van der Waals surface area (Å²) in [5, 5.41) is 0. The van der Waals surface area contributed by atoms with Gasteiger partial charge < -0.3 is 28.4 Å². The monoisotopic (exact) mass is 726 g/mol. The highest BCUT2D eigenvalue weighted by atomic mass is 16.5. The predicted octanol–water partition coefficient (Wildman–Crippen LogP) is 9.14. The zero-order valence-electron chi connectivity index (χ0n) is 32.2. The smallest absolute Gasteiger partial charge is 0.193 e. The third-order valence-electron chi connectivity index (χ3n) is 9.16. The first-order chi connectivity index (χ1) is 25.9. The van der Waals surface area contributed by atoms with E-state index in [-0.39, 0.29) is 17.0 Å². The van der Waals surface area contributed by atoms with Crippen LogP contribution in [-0.2, 0) is 18.9 Å². The number of carbonyl (C=O) groups excluding carboxylic acids is 2. The average molecular weight is 727 g/mol. The quantitative estimate of drug-likeness (QED) is 0.0522. The number of rotatable bonds is 24. The van der Waals surface area contributed by atoms with E-state index >= 15 is 0 Å². The maximum absolute atomic E-state index is 12.5. The van der Waals surface area contributed by atoms with Gasteiger partial charge in [0.05, 0.1) is 52.9 Å². The van der Waals surface area contributed by atoms with Crippen molar-refractivity contribution in [3.63, 3.8) is 0 Å². The predicted molar refractivity (Wildman–Crippen MR) is 210 cm³/mol. The largest absolute Gasteiger partial charge is 0.493 e. The fourth-order valence-corrected chi connectivity index (χ4v) is 5.51. The highest BCUT2D eigenvalue weighted by Gasteiger charge is 2.28. The van der Waals surface area contributed by atoms with Crippen LogP contribution in [0.2, 0.25) is 0 Å². The van der Waals surface area contributed by atoms with Crippen molar-refractivity contribution in [2.75, 3.05) is 67.1 Å². The summed E-state index contributed by atoms with van der Waals surface area (Å²) in [7, 11) is 3.34. The summed E-state index contributed by atoms with van der Waals surface area (Å²) < 4.78 is 33.3. The Balaban J connectivity index is 0.000000286. The normalized spacial score (nSPS) is 11.6. The molecule has 0 N–H and O–H groups in total. The Labute approximate surface area is 316 Å². The van der Waals surface area contributed by atoms with Crippen LogP contribution in [0.25, 0.3) is 0 Å². The van der Waals surface area contributed by atoms with Gasteiger partial charge >= 0.3 is 0 Å². The summed E-state index contributed by atoms with van der Waals surface area (Å²) in [5.41, 5.74) is 2.68. The summed E-state index contributed by atoms with van der Waals surface area (Å²) in [6.07, 6.45) is 4.09. The Morgan fingerprint density at radius 3 is 1.43 bits per heavy atom. The maximum Gasteiger partial charge on any atom is 0.193 e. The Bertz CT molecular complexity index is 1550. The second kappa shape index (κ2) is 24.8. The highest BCUT2D eigenvalue weighted by molar-refractivity contribution is 6.09. The van der Waals surface area contributed by atoms with Crippen LogP contribution in [0.15, 0.2) is 109 Å². The molecule has 4 aromatic rings. The molecule has 0 saturated carbocycles. The summed E-state index contributed by atoms with van der Waals surface area (Å²) in [6, 6.07) is 33.3. The summed E-state index contributed by atoms with van der Waals surface area (Å²) >= 11 is 0. The maximum atomic E-state index is 12.5. The molecule has 8 nitrogen and oxygen atoms in total. The van der Waals surface area contributed by atoms with Crippen molar-refractivity contribution in [3.05, 3.63) is 131 Å². The minimum absolute atomic E-state index is 0.0187. The lowest BCUT2D eigenvalue weighted by molar-refractivity contribution is -0.00971. The first-order valence-corrected chi connectivity index (χ1v) is 18.7. The molecule has 0 heterocycles. The Morgan fingerprint density at radius 1 is 0.528 bits per heavy atom. The molecular weight excluding hydrogens is 668 g/mol. The van der Waals surface area contributed by atoms with Crippen molar-refractivity contribution in [1.29, 1.82) is 0 Å². The zero-order valence-corrected chi connectivity index (χ0v) is 32.2.